The van der Waals surface area contributed by atoms with Gasteiger partial charge in [0, 0.05) is 31.9 Å². The van der Waals surface area contributed by atoms with Crippen molar-refractivity contribution in [2.75, 3.05) is 31.5 Å². The second kappa shape index (κ2) is 9.63. The number of piperazine rings is 1. The molecule has 1 aliphatic heterocycles. The molecule has 1 unspecified atom stereocenters. The zero-order valence-electron chi connectivity index (χ0n) is 17.1. The monoisotopic (exact) mass is 425 g/mol. The van der Waals surface area contributed by atoms with Crippen LogP contribution >= 0.6 is 11.6 Å². The lowest BCUT2D eigenvalue weighted by Gasteiger charge is -2.40. The van der Waals surface area contributed by atoms with E-state index in [1.54, 1.807) is 12.1 Å². The maximum absolute atomic E-state index is 13.2. The zero-order valence-corrected chi connectivity index (χ0v) is 17.9. The van der Waals surface area contributed by atoms with Crippen LogP contribution in [0.5, 0.6) is 0 Å². The van der Waals surface area contributed by atoms with Crippen LogP contribution in [0.3, 0.4) is 0 Å². The number of rotatable bonds is 5. The molecule has 1 atom stereocenters. The number of carbonyl (C=O) groups excluding carboxylic acids is 2. The predicted octanol–water partition coefficient (Wildman–Crippen LogP) is 4.30. The fraction of sp³-hybridized carbons (Fsp3) is 0.417. The summed E-state index contributed by atoms with van der Waals surface area (Å²) >= 11 is 6.21. The fourth-order valence-electron chi connectivity index (χ4n) is 4.70. The van der Waals surface area contributed by atoms with Gasteiger partial charge in [0.05, 0.1) is 16.6 Å². The number of nitrogens with zero attached hydrogens (tertiary/aromatic N) is 2. The average Bonchev–Trinajstić information content (AvgIpc) is 3.29. The zero-order chi connectivity index (χ0) is 20.9. The quantitative estimate of drug-likeness (QED) is 0.777. The molecular weight excluding hydrogens is 398 g/mol. The standard InChI is InChI=1S/C24H28ClN3O2/c25-21-13-7-6-12-20(21)24(30)28-16-14-27(15-17-28)22(18-8-4-5-9-18)23(29)26-19-10-2-1-3-11-19/h1-3,6-7,10-13,18,22H,4-5,8-9,14-17H2,(H,26,29). The van der Waals surface area contributed by atoms with Crippen LogP contribution in [0, 0.1) is 5.92 Å². The lowest BCUT2D eigenvalue weighted by molar-refractivity contribution is -0.123. The van der Waals surface area contributed by atoms with E-state index < -0.39 is 0 Å². The molecule has 2 aliphatic rings. The highest BCUT2D eigenvalue weighted by Gasteiger charge is 2.37. The largest absolute Gasteiger partial charge is 0.336 e. The lowest BCUT2D eigenvalue weighted by Crippen LogP contribution is -2.57. The van der Waals surface area contributed by atoms with E-state index in [0.717, 1.165) is 18.5 Å². The Kier molecular flexibility index (Phi) is 6.70. The van der Waals surface area contributed by atoms with E-state index in [0.29, 0.717) is 42.7 Å². The van der Waals surface area contributed by atoms with Gasteiger partial charge in [-0.25, -0.2) is 0 Å². The van der Waals surface area contributed by atoms with Crippen molar-refractivity contribution in [3.8, 4) is 0 Å². The smallest absolute Gasteiger partial charge is 0.255 e. The summed E-state index contributed by atoms with van der Waals surface area (Å²) in [6.07, 6.45) is 4.55. The van der Waals surface area contributed by atoms with Crippen LogP contribution in [0.2, 0.25) is 5.02 Å². The molecule has 2 aromatic carbocycles. The summed E-state index contributed by atoms with van der Waals surface area (Å²) in [5.41, 5.74) is 1.37. The summed E-state index contributed by atoms with van der Waals surface area (Å²) < 4.78 is 0. The van der Waals surface area contributed by atoms with Gasteiger partial charge in [0.25, 0.3) is 5.91 Å². The maximum Gasteiger partial charge on any atom is 0.255 e. The number of amides is 2. The van der Waals surface area contributed by atoms with Gasteiger partial charge in [-0.05, 0) is 43.0 Å². The number of halogens is 1. The summed E-state index contributed by atoms with van der Waals surface area (Å²) in [5, 5.41) is 3.59. The highest BCUT2D eigenvalue weighted by molar-refractivity contribution is 6.33. The van der Waals surface area contributed by atoms with Gasteiger partial charge >= 0.3 is 0 Å². The third-order valence-corrected chi connectivity index (χ3v) is 6.59. The number of para-hydroxylation sites is 1. The van der Waals surface area contributed by atoms with Crippen molar-refractivity contribution in [3.63, 3.8) is 0 Å². The van der Waals surface area contributed by atoms with Gasteiger partial charge in [0.15, 0.2) is 0 Å². The summed E-state index contributed by atoms with van der Waals surface area (Å²) in [6.45, 7) is 2.59. The molecule has 1 heterocycles. The summed E-state index contributed by atoms with van der Waals surface area (Å²) in [5.74, 6) is 0.407. The van der Waals surface area contributed by atoms with Crippen molar-refractivity contribution in [2.24, 2.45) is 5.92 Å². The Morgan fingerprint density at radius 3 is 2.20 bits per heavy atom. The average molecular weight is 426 g/mol. The van der Waals surface area contributed by atoms with E-state index in [-0.39, 0.29) is 17.9 Å². The van der Waals surface area contributed by atoms with E-state index >= 15 is 0 Å². The van der Waals surface area contributed by atoms with Crippen LogP contribution in [-0.2, 0) is 4.79 Å². The topological polar surface area (TPSA) is 52.7 Å². The predicted molar refractivity (Wildman–Crippen MR) is 120 cm³/mol. The third kappa shape index (κ3) is 4.68. The summed E-state index contributed by atoms with van der Waals surface area (Å²) in [7, 11) is 0. The second-order valence-electron chi connectivity index (χ2n) is 8.15. The Balaban J connectivity index is 1.43. The van der Waals surface area contributed by atoms with Crippen molar-refractivity contribution in [1.29, 1.82) is 0 Å². The van der Waals surface area contributed by atoms with E-state index in [1.807, 2.05) is 47.4 Å². The van der Waals surface area contributed by atoms with Crippen LogP contribution in [0.25, 0.3) is 0 Å². The molecule has 4 rings (SSSR count). The van der Waals surface area contributed by atoms with Crippen LogP contribution in [0.1, 0.15) is 36.0 Å². The molecule has 2 amide bonds. The molecule has 6 heteroatoms. The molecule has 2 fully saturated rings. The van der Waals surface area contributed by atoms with Gasteiger partial charge < -0.3 is 10.2 Å². The highest BCUT2D eigenvalue weighted by atomic mass is 35.5. The van der Waals surface area contributed by atoms with Crippen LogP contribution in [0.15, 0.2) is 54.6 Å². The molecule has 1 aliphatic carbocycles. The van der Waals surface area contributed by atoms with Gasteiger partial charge in [-0.1, -0.05) is 54.8 Å². The molecule has 0 spiro atoms. The Hall–Kier alpha value is -2.37. The van der Waals surface area contributed by atoms with Gasteiger partial charge in [0.2, 0.25) is 5.91 Å². The molecule has 1 saturated heterocycles. The van der Waals surface area contributed by atoms with Crippen LogP contribution in [-0.4, -0.2) is 53.8 Å². The molecule has 158 valence electrons. The minimum absolute atomic E-state index is 0.0357. The fourth-order valence-corrected chi connectivity index (χ4v) is 4.91. The SMILES string of the molecule is O=C(Nc1ccccc1)C(C1CCCC1)N1CCN(C(=O)c2ccccc2Cl)CC1. The summed E-state index contributed by atoms with van der Waals surface area (Å²) in [4.78, 5) is 30.2. The van der Waals surface area contributed by atoms with Gasteiger partial charge in [-0.2, -0.15) is 0 Å². The molecule has 0 bridgehead atoms. The van der Waals surface area contributed by atoms with E-state index in [4.69, 9.17) is 11.6 Å². The van der Waals surface area contributed by atoms with E-state index in [1.165, 1.54) is 12.8 Å². The Labute approximate surface area is 183 Å². The number of anilines is 1. The lowest BCUT2D eigenvalue weighted by atomic mass is 9.94. The molecule has 1 saturated carbocycles. The molecule has 0 aromatic heterocycles. The Morgan fingerprint density at radius 1 is 0.900 bits per heavy atom. The number of hydrogen-bond donors (Lipinski definition) is 1. The minimum atomic E-state index is -0.148. The molecule has 5 nitrogen and oxygen atoms in total. The summed E-state index contributed by atoms with van der Waals surface area (Å²) in [6, 6.07) is 16.7. The van der Waals surface area contributed by atoms with Gasteiger partial charge in [-0.3, -0.25) is 14.5 Å². The first-order valence-electron chi connectivity index (χ1n) is 10.8. The molecule has 0 radical (unpaired) electrons. The number of nitrogens with one attached hydrogen (secondary N) is 1. The Bertz CT molecular complexity index is 875. The molecular formula is C24H28ClN3O2. The minimum Gasteiger partial charge on any atom is -0.336 e. The van der Waals surface area contributed by atoms with E-state index in [2.05, 4.69) is 10.2 Å². The first-order valence-corrected chi connectivity index (χ1v) is 11.1. The van der Waals surface area contributed by atoms with Crippen LogP contribution < -0.4 is 5.32 Å². The van der Waals surface area contributed by atoms with Gasteiger partial charge in [0.1, 0.15) is 0 Å². The normalized spacial score (nSPS) is 18.9. The first kappa shape index (κ1) is 20.9. The van der Waals surface area contributed by atoms with Crippen molar-refractivity contribution in [3.05, 3.63) is 65.2 Å². The second-order valence-corrected chi connectivity index (χ2v) is 8.56. The van der Waals surface area contributed by atoms with E-state index in [9.17, 15) is 9.59 Å². The van der Waals surface area contributed by atoms with Crippen molar-refractivity contribution >= 4 is 29.1 Å². The first-order chi connectivity index (χ1) is 14.6. The highest BCUT2D eigenvalue weighted by Crippen LogP contribution is 2.32. The van der Waals surface area contributed by atoms with Gasteiger partial charge in [-0.15, -0.1) is 0 Å². The number of benzene rings is 2. The number of hydrogen-bond acceptors (Lipinski definition) is 3. The number of carbonyl (C=O) groups is 2. The van der Waals surface area contributed by atoms with Crippen molar-refractivity contribution in [2.45, 2.75) is 31.7 Å². The van der Waals surface area contributed by atoms with Crippen LogP contribution in [0.4, 0.5) is 5.69 Å². The maximum atomic E-state index is 13.2. The molecule has 2 aromatic rings. The Morgan fingerprint density at radius 2 is 1.53 bits per heavy atom. The van der Waals surface area contributed by atoms with Crippen molar-refractivity contribution < 1.29 is 9.59 Å². The third-order valence-electron chi connectivity index (χ3n) is 6.26. The van der Waals surface area contributed by atoms with Crippen molar-refractivity contribution in [1.82, 2.24) is 9.80 Å². The molecule has 30 heavy (non-hydrogen) atoms. The molecule has 1 N–H and O–H groups in total.